The SMILES string of the molecule is CCOC(CCNCc1cccc(C)c1)OCC. The highest BCUT2D eigenvalue weighted by molar-refractivity contribution is 5.21. The van der Waals surface area contributed by atoms with E-state index in [4.69, 9.17) is 9.47 Å². The van der Waals surface area contributed by atoms with Gasteiger partial charge in [0.05, 0.1) is 0 Å². The zero-order valence-corrected chi connectivity index (χ0v) is 11.7. The average Bonchev–Trinajstić information content (AvgIpc) is 2.35. The van der Waals surface area contributed by atoms with Crippen molar-refractivity contribution in [1.82, 2.24) is 5.32 Å². The molecule has 102 valence electrons. The molecule has 0 saturated carbocycles. The van der Waals surface area contributed by atoms with Gasteiger partial charge in [-0.15, -0.1) is 0 Å². The lowest BCUT2D eigenvalue weighted by Gasteiger charge is -2.17. The van der Waals surface area contributed by atoms with Crippen LogP contribution in [-0.2, 0) is 16.0 Å². The van der Waals surface area contributed by atoms with Gasteiger partial charge in [-0.2, -0.15) is 0 Å². The summed E-state index contributed by atoms with van der Waals surface area (Å²) in [5.41, 5.74) is 2.62. The first-order chi connectivity index (χ1) is 8.76. The van der Waals surface area contributed by atoms with E-state index in [-0.39, 0.29) is 6.29 Å². The van der Waals surface area contributed by atoms with Crippen LogP contribution in [0.2, 0.25) is 0 Å². The van der Waals surface area contributed by atoms with Crippen LogP contribution in [0.3, 0.4) is 0 Å². The summed E-state index contributed by atoms with van der Waals surface area (Å²) in [7, 11) is 0. The minimum Gasteiger partial charge on any atom is -0.353 e. The fourth-order valence-electron chi connectivity index (χ4n) is 1.86. The predicted molar refractivity (Wildman–Crippen MR) is 74.5 cm³/mol. The Morgan fingerprint density at radius 2 is 1.89 bits per heavy atom. The minimum atomic E-state index is -0.0787. The summed E-state index contributed by atoms with van der Waals surface area (Å²) in [5.74, 6) is 0. The van der Waals surface area contributed by atoms with E-state index >= 15 is 0 Å². The summed E-state index contributed by atoms with van der Waals surface area (Å²) in [4.78, 5) is 0. The van der Waals surface area contributed by atoms with Crippen LogP contribution in [0.4, 0.5) is 0 Å². The molecule has 1 aromatic rings. The molecule has 1 rings (SSSR count). The van der Waals surface area contributed by atoms with E-state index in [9.17, 15) is 0 Å². The maximum absolute atomic E-state index is 5.49. The molecule has 0 bridgehead atoms. The van der Waals surface area contributed by atoms with Gasteiger partial charge in [0.25, 0.3) is 0 Å². The van der Waals surface area contributed by atoms with Gasteiger partial charge in [-0.25, -0.2) is 0 Å². The molecule has 0 aliphatic heterocycles. The molecule has 1 aromatic carbocycles. The van der Waals surface area contributed by atoms with Crippen LogP contribution in [0.5, 0.6) is 0 Å². The third-order valence-corrected chi connectivity index (χ3v) is 2.67. The Kier molecular flexibility index (Phi) is 7.65. The molecule has 0 amide bonds. The monoisotopic (exact) mass is 251 g/mol. The largest absolute Gasteiger partial charge is 0.353 e. The van der Waals surface area contributed by atoms with E-state index < -0.39 is 0 Å². The zero-order chi connectivity index (χ0) is 13.2. The van der Waals surface area contributed by atoms with Crippen molar-refractivity contribution in [3.05, 3.63) is 35.4 Å². The second-order valence-electron chi connectivity index (χ2n) is 4.29. The standard InChI is InChI=1S/C15H25NO2/c1-4-17-15(18-5-2)9-10-16-12-14-8-6-7-13(3)11-14/h6-8,11,15-16H,4-5,9-10,12H2,1-3H3. The van der Waals surface area contributed by atoms with Gasteiger partial charge >= 0.3 is 0 Å². The Hall–Kier alpha value is -0.900. The van der Waals surface area contributed by atoms with Crippen molar-refractivity contribution in [2.45, 2.75) is 40.0 Å². The number of rotatable bonds is 9. The van der Waals surface area contributed by atoms with Gasteiger partial charge in [0.1, 0.15) is 0 Å². The maximum atomic E-state index is 5.49. The highest BCUT2D eigenvalue weighted by atomic mass is 16.7. The quantitative estimate of drug-likeness (QED) is 0.541. The molecular weight excluding hydrogens is 226 g/mol. The van der Waals surface area contributed by atoms with Crippen molar-refractivity contribution < 1.29 is 9.47 Å². The highest BCUT2D eigenvalue weighted by Crippen LogP contribution is 2.04. The molecule has 18 heavy (non-hydrogen) atoms. The van der Waals surface area contributed by atoms with Crippen molar-refractivity contribution in [2.75, 3.05) is 19.8 Å². The molecule has 0 heterocycles. The van der Waals surface area contributed by atoms with Crippen molar-refractivity contribution in [1.29, 1.82) is 0 Å². The van der Waals surface area contributed by atoms with E-state index in [0.29, 0.717) is 13.2 Å². The third kappa shape index (κ3) is 6.15. The molecular formula is C15H25NO2. The first kappa shape index (κ1) is 15.2. The summed E-state index contributed by atoms with van der Waals surface area (Å²) in [6.45, 7) is 9.29. The van der Waals surface area contributed by atoms with Gasteiger partial charge in [-0.1, -0.05) is 29.8 Å². The van der Waals surface area contributed by atoms with Crippen molar-refractivity contribution in [3.8, 4) is 0 Å². The fourth-order valence-corrected chi connectivity index (χ4v) is 1.86. The molecule has 1 N–H and O–H groups in total. The number of benzene rings is 1. The van der Waals surface area contributed by atoms with Gasteiger partial charge in [0.15, 0.2) is 6.29 Å². The van der Waals surface area contributed by atoms with Crippen molar-refractivity contribution >= 4 is 0 Å². The predicted octanol–water partition coefficient (Wildman–Crippen LogP) is 2.87. The zero-order valence-electron chi connectivity index (χ0n) is 11.7. The van der Waals surface area contributed by atoms with E-state index in [0.717, 1.165) is 19.5 Å². The summed E-state index contributed by atoms with van der Waals surface area (Å²) in [5, 5.41) is 3.42. The number of nitrogens with one attached hydrogen (secondary N) is 1. The normalized spacial score (nSPS) is 11.1. The molecule has 0 unspecified atom stereocenters. The summed E-state index contributed by atoms with van der Waals surface area (Å²) >= 11 is 0. The van der Waals surface area contributed by atoms with E-state index in [2.05, 4.69) is 36.5 Å². The lowest BCUT2D eigenvalue weighted by molar-refractivity contribution is -0.138. The first-order valence-electron chi connectivity index (χ1n) is 6.75. The smallest absolute Gasteiger partial charge is 0.158 e. The number of ether oxygens (including phenoxy) is 2. The van der Waals surface area contributed by atoms with Crippen LogP contribution in [-0.4, -0.2) is 26.0 Å². The maximum Gasteiger partial charge on any atom is 0.158 e. The first-order valence-corrected chi connectivity index (χ1v) is 6.75. The molecule has 0 aliphatic rings. The Labute approximate surface area is 110 Å². The molecule has 0 radical (unpaired) electrons. The molecule has 0 saturated heterocycles. The number of hydrogen-bond acceptors (Lipinski definition) is 3. The lowest BCUT2D eigenvalue weighted by atomic mass is 10.1. The Balaban J connectivity index is 2.20. The van der Waals surface area contributed by atoms with Gasteiger partial charge in [-0.05, 0) is 26.3 Å². The molecule has 0 spiro atoms. The molecule has 3 heteroatoms. The van der Waals surface area contributed by atoms with Crippen LogP contribution in [0.25, 0.3) is 0 Å². The average molecular weight is 251 g/mol. The highest BCUT2D eigenvalue weighted by Gasteiger charge is 2.06. The Bertz CT molecular complexity index is 322. The van der Waals surface area contributed by atoms with Crippen LogP contribution in [0.15, 0.2) is 24.3 Å². The topological polar surface area (TPSA) is 30.5 Å². The van der Waals surface area contributed by atoms with E-state index in [1.54, 1.807) is 0 Å². The summed E-state index contributed by atoms with van der Waals surface area (Å²) < 4.78 is 11.0. The summed E-state index contributed by atoms with van der Waals surface area (Å²) in [6, 6.07) is 8.55. The molecule has 0 aromatic heterocycles. The number of hydrogen-bond donors (Lipinski definition) is 1. The van der Waals surface area contributed by atoms with Crippen molar-refractivity contribution in [2.24, 2.45) is 0 Å². The minimum absolute atomic E-state index is 0.0787. The van der Waals surface area contributed by atoms with Gasteiger partial charge < -0.3 is 14.8 Å². The summed E-state index contributed by atoms with van der Waals surface area (Å²) in [6.07, 6.45) is 0.804. The third-order valence-electron chi connectivity index (χ3n) is 2.67. The van der Waals surface area contributed by atoms with Crippen LogP contribution in [0.1, 0.15) is 31.4 Å². The van der Waals surface area contributed by atoms with Crippen LogP contribution < -0.4 is 5.32 Å². The van der Waals surface area contributed by atoms with Gasteiger partial charge in [0.2, 0.25) is 0 Å². The molecule has 0 atom stereocenters. The fraction of sp³-hybridized carbons (Fsp3) is 0.600. The van der Waals surface area contributed by atoms with Crippen molar-refractivity contribution in [3.63, 3.8) is 0 Å². The second-order valence-corrected chi connectivity index (χ2v) is 4.29. The second kappa shape index (κ2) is 9.09. The van der Waals surface area contributed by atoms with Crippen LogP contribution in [0, 0.1) is 6.92 Å². The Morgan fingerprint density at radius 3 is 2.50 bits per heavy atom. The Morgan fingerprint density at radius 1 is 1.17 bits per heavy atom. The molecule has 3 nitrogen and oxygen atoms in total. The van der Waals surface area contributed by atoms with E-state index in [1.807, 2.05) is 13.8 Å². The van der Waals surface area contributed by atoms with Gasteiger partial charge in [-0.3, -0.25) is 0 Å². The number of aryl methyl sites for hydroxylation is 1. The van der Waals surface area contributed by atoms with Crippen LogP contribution >= 0.6 is 0 Å². The van der Waals surface area contributed by atoms with Gasteiger partial charge in [0, 0.05) is 32.7 Å². The lowest BCUT2D eigenvalue weighted by Crippen LogP contribution is -2.24. The molecule has 0 fully saturated rings. The van der Waals surface area contributed by atoms with E-state index in [1.165, 1.54) is 11.1 Å². The molecule has 0 aliphatic carbocycles.